The molecular formula is C17H20N2OS. The first-order chi connectivity index (χ1) is 10.3. The number of benzene rings is 1. The van der Waals surface area contributed by atoms with Crippen LogP contribution < -0.4 is 10.6 Å². The Kier molecular flexibility index (Phi) is 4.36. The van der Waals surface area contributed by atoms with Crippen LogP contribution in [0.3, 0.4) is 0 Å². The molecule has 0 radical (unpaired) electrons. The van der Waals surface area contributed by atoms with Gasteiger partial charge in [0.25, 0.3) is 5.91 Å². The van der Waals surface area contributed by atoms with Gasteiger partial charge in [-0.05, 0) is 42.1 Å². The number of likely N-dealkylation sites (N-methyl/N-ethyl adjacent to an activating group) is 1. The molecule has 21 heavy (non-hydrogen) atoms. The highest BCUT2D eigenvalue weighted by Gasteiger charge is 2.20. The Morgan fingerprint density at radius 2 is 2.00 bits per heavy atom. The monoisotopic (exact) mass is 300 g/mol. The zero-order valence-corrected chi connectivity index (χ0v) is 13.1. The minimum Gasteiger partial charge on any atom is -0.350 e. The maximum absolute atomic E-state index is 12.2. The fraction of sp³-hybridized carbons (Fsp3) is 0.353. The Labute approximate surface area is 129 Å². The number of hydrogen-bond acceptors (Lipinski definition) is 3. The quantitative estimate of drug-likeness (QED) is 0.834. The normalized spacial score (nSPS) is 12.6. The van der Waals surface area contributed by atoms with Crippen molar-refractivity contribution in [2.75, 3.05) is 19.6 Å². The van der Waals surface area contributed by atoms with Gasteiger partial charge < -0.3 is 10.6 Å². The molecule has 0 spiro atoms. The lowest BCUT2D eigenvalue weighted by atomic mass is 9.91. The molecule has 3 rings (SSSR count). The standard InChI is InChI=1S/C17H20N2OS/c1-2-18-9-10-19-17(20)15-11-13-8-7-12-5-3-4-6-14(12)16(13)21-15/h3-6,11,18H,2,7-10H2,1H3,(H,19,20). The minimum absolute atomic E-state index is 0.0461. The van der Waals surface area contributed by atoms with Crippen molar-refractivity contribution in [3.8, 4) is 10.4 Å². The van der Waals surface area contributed by atoms with E-state index in [0.717, 1.165) is 30.8 Å². The summed E-state index contributed by atoms with van der Waals surface area (Å²) in [5.41, 5.74) is 4.01. The SMILES string of the molecule is CCNCCNC(=O)c1cc2c(s1)-c1ccccc1CC2. The van der Waals surface area contributed by atoms with Crippen molar-refractivity contribution in [3.05, 3.63) is 46.3 Å². The van der Waals surface area contributed by atoms with Gasteiger partial charge >= 0.3 is 0 Å². The fourth-order valence-electron chi connectivity index (χ4n) is 2.71. The molecule has 1 amide bonds. The summed E-state index contributed by atoms with van der Waals surface area (Å²) >= 11 is 1.62. The molecule has 1 aromatic carbocycles. The predicted octanol–water partition coefficient (Wildman–Crippen LogP) is 2.85. The molecule has 0 atom stereocenters. The molecule has 2 N–H and O–H groups in total. The molecule has 4 heteroatoms. The summed E-state index contributed by atoms with van der Waals surface area (Å²) < 4.78 is 0. The van der Waals surface area contributed by atoms with Crippen molar-refractivity contribution in [1.82, 2.24) is 10.6 Å². The summed E-state index contributed by atoms with van der Waals surface area (Å²) in [6, 6.07) is 10.6. The van der Waals surface area contributed by atoms with Crippen molar-refractivity contribution in [2.24, 2.45) is 0 Å². The molecule has 1 aliphatic rings. The van der Waals surface area contributed by atoms with E-state index in [1.165, 1.54) is 21.6 Å². The molecule has 0 saturated heterocycles. The highest BCUT2D eigenvalue weighted by molar-refractivity contribution is 7.17. The topological polar surface area (TPSA) is 41.1 Å². The van der Waals surface area contributed by atoms with Crippen LogP contribution in [-0.2, 0) is 12.8 Å². The van der Waals surface area contributed by atoms with E-state index >= 15 is 0 Å². The second-order valence-corrected chi connectivity index (χ2v) is 6.28. The number of rotatable bonds is 5. The van der Waals surface area contributed by atoms with E-state index in [1.807, 2.05) is 0 Å². The Morgan fingerprint density at radius 3 is 2.86 bits per heavy atom. The molecule has 1 heterocycles. The number of thiophene rings is 1. The number of amides is 1. The number of hydrogen-bond donors (Lipinski definition) is 2. The highest BCUT2D eigenvalue weighted by atomic mass is 32.1. The second-order valence-electron chi connectivity index (χ2n) is 5.23. The van der Waals surface area contributed by atoms with Crippen LogP contribution in [-0.4, -0.2) is 25.5 Å². The average molecular weight is 300 g/mol. The lowest BCUT2D eigenvalue weighted by Gasteiger charge is -2.15. The zero-order chi connectivity index (χ0) is 14.7. The van der Waals surface area contributed by atoms with Crippen LogP contribution in [0.4, 0.5) is 0 Å². The predicted molar refractivity (Wildman–Crippen MR) is 88.0 cm³/mol. The molecule has 0 aliphatic heterocycles. The Bertz CT molecular complexity index is 648. The van der Waals surface area contributed by atoms with Crippen LogP contribution in [0, 0.1) is 0 Å². The van der Waals surface area contributed by atoms with Crippen molar-refractivity contribution < 1.29 is 4.79 Å². The number of fused-ring (bicyclic) bond motifs is 3. The molecule has 1 aromatic heterocycles. The average Bonchev–Trinajstić information content (AvgIpc) is 2.96. The van der Waals surface area contributed by atoms with E-state index in [0.29, 0.717) is 6.54 Å². The third kappa shape index (κ3) is 3.01. The molecule has 110 valence electrons. The van der Waals surface area contributed by atoms with Crippen molar-refractivity contribution >= 4 is 17.2 Å². The lowest BCUT2D eigenvalue weighted by molar-refractivity contribution is 0.0958. The third-order valence-electron chi connectivity index (χ3n) is 3.80. The molecule has 2 aromatic rings. The van der Waals surface area contributed by atoms with Crippen LogP contribution in [0.15, 0.2) is 30.3 Å². The van der Waals surface area contributed by atoms with E-state index in [2.05, 4.69) is 47.9 Å². The van der Waals surface area contributed by atoms with Crippen molar-refractivity contribution in [2.45, 2.75) is 19.8 Å². The van der Waals surface area contributed by atoms with Crippen LogP contribution in [0.1, 0.15) is 27.7 Å². The molecule has 0 saturated carbocycles. The Morgan fingerprint density at radius 1 is 1.19 bits per heavy atom. The van der Waals surface area contributed by atoms with Crippen LogP contribution in [0.5, 0.6) is 0 Å². The summed E-state index contributed by atoms with van der Waals surface area (Å²) in [7, 11) is 0. The first kappa shape index (κ1) is 14.3. The first-order valence-electron chi connectivity index (χ1n) is 7.49. The van der Waals surface area contributed by atoms with Crippen LogP contribution >= 0.6 is 11.3 Å². The molecule has 1 aliphatic carbocycles. The van der Waals surface area contributed by atoms with Gasteiger partial charge in [0.1, 0.15) is 0 Å². The zero-order valence-electron chi connectivity index (χ0n) is 12.2. The smallest absolute Gasteiger partial charge is 0.261 e. The maximum atomic E-state index is 12.2. The number of carbonyl (C=O) groups excluding carboxylic acids is 1. The second kappa shape index (κ2) is 6.41. The highest BCUT2D eigenvalue weighted by Crippen LogP contribution is 2.39. The first-order valence-corrected chi connectivity index (χ1v) is 8.31. The summed E-state index contributed by atoms with van der Waals surface area (Å²) in [6.45, 7) is 4.48. The van der Waals surface area contributed by atoms with Gasteiger partial charge in [-0.25, -0.2) is 0 Å². The van der Waals surface area contributed by atoms with E-state index in [-0.39, 0.29) is 5.91 Å². The van der Waals surface area contributed by atoms with Crippen LogP contribution in [0.2, 0.25) is 0 Å². The molecule has 0 bridgehead atoms. The third-order valence-corrected chi connectivity index (χ3v) is 5.01. The molecule has 0 unspecified atom stereocenters. The van der Waals surface area contributed by atoms with Gasteiger partial charge in [-0.3, -0.25) is 4.79 Å². The van der Waals surface area contributed by atoms with Crippen LogP contribution in [0.25, 0.3) is 10.4 Å². The molecule has 3 nitrogen and oxygen atoms in total. The van der Waals surface area contributed by atoms with Gasteiger partial charge in [0.15, 0.2) is 0 Å². The van der Waals surface area contributed by atoms with Crippen molar-refractivity contribution in [3.63, 3.8) is 0 Å². The largest absolute Gasteiger partial charge is 0.350 e. The van der Waals surface area contributed by atoms with Gasteiger partial charge in [-0.2, -0.15) is 0 Å². The summed E-state index contributed by atoms with van der Waals surface area (Å²) in [5, 5.41) is 6.18. The lowest BCUT2D eigenvalue weighted by Crippen LogP contribution is -2.31. The summed E-state index contributed by atoms with van der Waals surface area (Å²) in [6.07, 6.45) is 2.11. The summed E-state index contributed by atoms with van der Waals surface area (Å²) in [4.78, 5) is 14.3. The number of aryl methyl sites for hydroxylation is 2. The van der Waals surface area contributed by atoms with E-state index in [9.17, 15) is 4.79 Å². The maximum Gasteiger partial charge on any atom is 0.261 e. The van der Waals surface area contributed by atoms with Gasteiger partial charge in [-0.1, -0.05) is 31.2 Å². The van der Waals surface area contributed by atoms with E-state index in [1.54, 1.807) is 11.3 Å². The van der Waals surface area contributed by atoms with E-state index in [4.69, 9.17) is 0 Å². The summed E-state index contributed by atoms with van der Waals surface area (Å²) in [5.74, 6) is 0.0461. The van der Waals surface area contributed by atoms with Gasteiger partial charge in [0, 0.05) is 18.0 Å². The van der Waals surface area contributed by atoms with Gasteiger partial charge in [-0.15, -0.1) is 11.3 Å². The van der Waals surface area contributed by atoms with Crippen molar-refractivity contribution in [1.29, 1.82) is 0 Å². The minimum atomic E-state index is 0.0461. The number of carbonyl (C=O) groups is 1. The number of nitrogens with one attached hydrogen (secondary N) is 2. The molecular weight excluding hydrogens is 280 g/mol. The van der Waals surface area contributed by atoms with Gasteiger partial charge in [0.2, 0.25) is 0 Å². The Hall–Kier alpha value is -1.65. The van der Waals surface area contributed by atoms with E-state index < -0.39 is 0 Å². The Balaban J connectivity index is 1.76. The van der Waals surface area contributed by atoms with Gasteiger partial charge in [0.05, 0.1) is 4.88 Å². The fourth-order valence-corrected chi connectivity index (χ4v) is 3.90. The molecule has 0 fully saturated rings.